The molecular formula is C14H18O. The van der Waals surface area contributed by atoms with Crippen molar-refractivity contribution in [3.05, 3.63) is 47.8 Å². The second-order valence-electron chi connectivity index (χ2n) is 4.34. The number of ether oxygens (including phenoxy) is 1. The Kier molecular flexibility index (Phi) is 2.81. The molecule has 1 heteroatoms. The first-order valence-electron chi connectivity index (χ1n) is 5.52. The van der Waals surface area contributed by atoms with Crippen LogP contribution in [0.4, 0.5) is 0 Å². The zero-order valence-electron chi connectivity index (χ0n) is 9.49. The first kappa shape index (κ1) is 10.3. The van der Waals surface area contributed by atoms with Crippen LogP contribution in [0.25, 0.3) is 0 Å². The Hall–Kier alpha value is -1.24. The molecule has 2 unspecified atom stereocenters. The van der Waals surface area contributed by atoms with E-state index in [1.807, 2.05) is 0 Å². The molecule has 0 heterocycles. The summed E-state index contributed by atoms with van der Waals surface area (Å²) < 4.78 is 5.27. The summed E-state index contributed by atoms with van der Waals surface area (Å²) in [5.41, 5.74) is 2.61. The molecule has 0 bridgehead atoms. The van der Waals surface area contributed by atoms with E-state index in [1.54, 1.807) is 7.11 Å². The van der Waals surface area contributed by atoms with Crippen LogP contribution in [-0.4, -0.2) is 7.11 Å². The molecule has 0 saturated heterocycles. The van der Waals surface area contributed by atoms with Gasteiger partial charge in [-0.05, 0) is 43.4 Å². The molecule has 1 nitrogen and oxygen atoms in total. The van der Waals surface area contributed by atoms with Gasteiger partial charge in [-0.3, -0.25) is 0 Å². The first-order valence-corrected chi connectivity index (χ1v) is 5.52. The highest BCUT2D eigenvalue weighted by atomic mass is 16.5. The Morgan fingerprint density at radius 1 is 1.53 bits per heavy atom. The number of fused-ring (bicyclic) bond motifs is 1. The van der Waals surface area contributed by atoms with E-state index in [9.17, 15) is 0 Å². The summed E-state index contributed by atoms with van der Waals surface area (Å²) in [5, 5.41) is 0. The molecule has 0 amide bonds. The molecule has 0 spiro atoms. The molecule has 0 aromatic rings. The van der Waals surface area contributed by atoms with E-state index in [0.29, 0.717) is 11.8 Å². The molecule has 2 aliphatic carbocycles. The Morgan fingerprint density at radius 3 is 3.00 bits per heavy atom. The van der Waals surface area contributed by atoms with Gasteiger partial charge in [-0.25, -0.2) is 0 Å². The third-order valence-electron chi connectivity index (χ3n) is 3.26. The van der Waals surface area contributed by atoms with Crippen molar-refractivity contribution in [2.45, 2.75) is 19.8 Å². The Morgan fingerprint density at radius 2 is 2.33 bits per heavy atom. The van der Waals surface area contributed by atoms with Crippen LogP contribution in [0, 0.1) is 11.8 Å². The zero-order valence-corrected chi connectivity index (χ0v) is 9.49. The second kappa shape index (κ2) is 4.09. The molecule has 0 saturated carbocycles. The van der Waals surface area contributed by atoms with E-state index < -0.39 is 0 Å². The van der Waals surface area contributed by atoms with Crippen LogP contribution in [0.5, 0.6) is 0 Å². The Labute approximate surface area is 91.8 Å². The predicted molar refractivity (Wildman–Crippen MR) is 63.3 cm³/mol. The molecule has 2 aliphatic rings. The van der Waals surface area contributed by atoms with Crippen molar-refractivity contribution in [1.82, 2.24) is 0 Å². The van der Waals surface area contributed by atoms with Gasteiger partial charge >= 0.3 is 0 Å². The van der Waals surface area contributed by atoms with Gasteiger partial charge in [-0.1, -0.05) is 24.3 Å². The fraction of sp³-hybridized carbons (Fsp3) is 0.429. The average molecular weight is 202 g/mol. The summed E-state index contributed by atoms with van der Waals surface area (Å²) in [7, 11) is 1.73. The minimum atomic E-state index is 0.523. The third-order valence-corrected chi connectivity index (χ3v) is 3.26. The summed E-state index contributed by atoms with van der Waals surface area (Å²) >= 11 is 0. The SMILES string of the molecule is C=C(C)C1=CCCC2C=C(OC)C=CC12. The van der Waals surface area contributed by atoms with Crippen molar-refractivity contribution in [2.24, 2.45) is 11.8 Å². The maximum absolute atomic E-state index is 5.27. The van der Waals surface area contributed by atoms with Crippen molar-refractivity contribution in [3.8, 4) is 0 Å². The van der Waals surface area contributed by atoms with Crippen LogP contribution in [0.15, 0.2) is 47.8 Å². The van der Waals surface area contributed by atoms with E-state index in [-0.39, 0.29) is 0 Å². The summed E-state index contributed by atoms with van der Waals surface area (Å²) in [6, 6.07) is 0. The van der Waals surface area contributed by atoms with Gasteiger partial charge in [0, 0.05) is 5.92 Å². The van der Waals surface area contributed by atoms with Crippen LogP contribution in [0.3, 0.4) is 0 Å². The molecule has 2 atom stereocenters. The molecule has 2 rings (SSSR count). The minimum Gasteiger partial charge on any atom is -0.497 e. The molecule has 0 N–H and O–H groups in total. The van der Waals surface area contributed by atoms with Gasteiger partial charge in [0.15, 0.2) is 0 Å². The smallest absolute Gasteiger partial charge is 0.114 e. The van der Waals surface area contributed by atoms with E-state index in [4.69, 9.17) is 4.74 Å². The normalized spacial score (nSPS) is 28.9. The highest BCUT2D eigenvalue weighted by Gasteiger charge is 2.27. The van der Waals surface area contributed by atoms with Crippen molar-refractivity contribution < 1.29 is 4.74 Å². The summed E-state index contributed by atoms with van der Waals surface area (Å²) in [6.45, 7) is 6.15. The van der Waals surface area contributed by atoms with Gasteiger partial charge < -0.3 is 4.74 Å². The Balaban J connectivity index is 2.25. The number of methoxy groups -OCH3 is 1. The van der Waals surface area contributed by atoms with Gasteiger partial charge in [0.25, 0.3) is 0 Å². The van der Waals surface area contributed by atoms with Crippen molar-refractivity contribution in [2.75, 3.05) is 7.11 Å². The van der Waals surface area contributed by atoms with Crippen LogP contribution >= 0.6 is 0 Å². The molecule has 15 heavy (non-hydrogen) atoms. The summed E-state index contributed by atoms with van der Waals surface area (Å²) in [4.78, 5) is 0. The van der Waals surface area contributed by atoms with Crippen LogP contribution in [0.1, 0.15) is 19.8 Å². The van der Waals surface area contributed by atoms with Crippen molar-refractivity contribution in [1.29, 1.82) is 0 Å². The molecule has 0 radical (unpaired) electrons. The second-order valence-corrected chi connectivity index (χ2v) is 4.34. The summed E-state index contributed by atoms with van der Waals surface area (Å²) in [6.07, 6.45) is 11.3. The fourth-order valence-corrected chi connectivity index (χ4v) is 2.47. The number of allylic oxidation sites excluding steroid dienone is 6. The van der Waals surface area contributed by atoms with Crippen LogP contribution in [-0.2, 0) is 4.74 Å². The predicted octanol–water partition coefficient (Wildman–Crippen LogP) is 3.62. The fourth-order valence-electron chi connectivity index (χ4n) is 2.47. The highest BCUT2D eigenvalue weighted by Crippen LogP contribution is 2.38. The maximum atomic E-state index is 5.27. The number of hydrogen-bond donors (Lipinski definition) is 0. The highest BCUT2D eigenvalue weighted by molar-refractivity contribution is 5.38. The van der Waals surface area contributed by atoms with Gasteiger partial charge in [0.2, 0.25) is 0 Å². The maximum Gasteiger partial charge on any atom is 0.114 e. The zero-order chi connectivity index (χ0) is 10.8. The molecule has 0 aromatic carbocycles. The average Bonchev–Trinajstić information content (AvgIpc) is 2.27. The lowest BCUT2D eigenvalue weighted by atomic mass is 9.74. The molecule has 0 aromatic heterocycles. The Bertz CT molecular complexity index is 358. The van der Waals surface area contributed by atoms with E-state index in [2.05, 4.69) is 37.8 Å². The minimum absolute atomic E-state index is 0.523. The molecule has 0 aliphatic heterocycles. The monoisotopic (exact) mass is 202 g/mol. The van der Waals surface area contributed by atoms with Gasteiger partial charge in [-0.2, -0.15) is 0 Å². The van der Waals surface area contributed by atoms with Crippen LogP contribution in [0.2, 0.25) is 0 Å². The van der Waals surface area contributed by atoms with Crippen molar-refractivity contribution >= 4 is 0 Å². The first-order chi connectivity index (χ1) is 7.22. The van der Waals surface area contributed by atoms with Gasteiger partial charge in [0.05, 0.1) is 7.11 Å². The molecule has 80 valence electrons. The van der Waals surface area contributed by atoms with Crippen LogP contribution < -0.4 is 0 Å². The standard InChI is InChI=1S/C14H18O/c1-10(2)13-6-4-5-11-9-12(15-3)7-8-14(11)13/h6-9,11,14H,1,4-5H2,2-3H3. The van der Waals surface area contributed by atoms with Crippen molar-refractivity contribution in [3.63, 3.8) is 0 Å². The number of rotatable bonds is 2. The molecule has 0 fully saturated rings. The van der Waals surface area contributed by atoms with Gasteiger partial charge in [0.1, 0.15) is 5.76 Å². The quantitative estimate of drug-likeness (QED) is 0.664. The molecular weight excluding hydrogens is 184 g/mol. The topological polar surface area (TPSA) is 9.23 Å². The third kappa shape index (κ3) is 1.92. The summed E-state index contributed by atoms with van der Waals surface area (Å²) in [5.74, 6) is 2.12. The number of hydrogen-bond acceptors (Lipinski definition) is 1. The lowest BCUT2D eigenvalue weighted by Gasteiger charge is -2.31. The largest absolute Gasteiger partial charge is 0.497 e. The van der Waals surface area contributed by atoms with Gasteiger partial charge in [-0.15, -0.1) is 0 Å². The lowest BCUT2D eigenvalue weighted by Crippen LogP contribution is -2.20. The van der Waals surface area contributed by atoms with E-state index in [0.717, 1.165) is 12.2 Å². The van der Waals surface area contributed by atoms with E-state index >= 15 is 0 Å². The lowest BCUT2D eigenvalue weighted by molar-refractivity contribution is 0.293. The van der Waals surface area contributed by atoms with E-state index in [1.165, 1.54) is 17.6 Å².